The Hall–Kier alpha value is -1.04. The number of aromatic nitrogens is 2. The van der Waals surface area contributed by atoms with E-state index in [2.05, 4.69) is 10.1 Å². The summed E-state index contributed by atoms with van der Waals surface area (Å²) in [6.45, 7) is 0.546. The van der Waals surface area contributed by atoms with Crippen LogP contribution in [0.4, 0.5) is 0 Å². The molecule has 1 aromatic heterocycles. The highest BCUT2D eigenvalue weighted by atomic mass is 35.5. The van der Waals surface area contributed by atoms with E-state index in [-0.39, 0.29) is 12.4 Å². The predicted molar refractivity (Wildman–Crippen MR) is 72.1 cm³/mol. The van der Waals surface area contributed by atoms with Gasteiger partial charge in [0.15, 0.2) is 0 Å². The molecule has 0 aliphatic rings. The van der Waals surface area contributed by atoms with Crippen molar-refractivity contribution < 1.29 is 4.52 Å². The van der Waals surface area contributed by atoms with Crippen LogP contribution in [0.3, 0.4) is 0 Å². The lowest BCUT2D eigenvalue weighted by Gasteiger charge is -1.97. The Labute approximate surface area is 110 Å². The summed E-state index contributed by atoms with van der Waals surface area (Å²) in [4.78, 5) is 4.30. The van der Waals surface area contributed by atoms with Gasteiger partial charge in [-0.3, -0.25) is 0 Å². The van der Waals surface area contributed by atoms with E-state index < -0.39 is 0 Å². The van der Waals surface area contributed by atoms with Crippen LogP contribution in [0.2, 0.25) is 0 Å². The number of thioether (sulfide) groups is 1. The zero-order chi connectivity index (χ0) is 11.4. The molecule has 2 aromatic rings. The normalized spacial score (nSPS) is 10.0. The van der Waals surface area contributed by atoms with E-state index in [4.69, 9.17) is 10.3 Å². The van der Waals surface area contributed by atoms with Crippen molar-refractivity contribution in [3.8, 4) is 11.4 Å². The molecule has 0 atom stereocenters. The minimum absolute atomic E-state index is 0. The molecular formula is C11H14ClN3OS. The van der Waals surface area contributed by atoms with Crippen molar-refractivity contribution in [3.05, 3.63) is 35.7 Å². The second-order valence-corrected chi connectivity index (χ2v) is 4.21. The Kier molecular flexibility index (Phi) is 5.47. The molecule has 1 heterocycles. The summed E-state index contributed by atoms with van der Waals surface area (Å²) in [5.74, 6) is 2.03. The highest BCUT2D eigenvalue weighted by Gasteiger charge is 2.07. The second kappa shape index (κ2) is 6.64. The highest BCUT2D eigenvalue weighted by molar-refractivity contribution is 7.97. The van der Waals surface area contributed by atoms with Crippen molar-refractivity contribution in [1.29, 1.82) is 0 Å². The van der Waals surface area contributed by atoms with Gasteiger partial charge in [0.25, 0.3) is 0 Å². The summed E-state index contributed by atoms with van der Waals surface area (Å²) in [5, 5.41) is 3.93. The lowest BCUT2D eigenvalue weighted by Crippen LogP contribution is -1.95. The first kappa shape index (κ1) is 14.0. The van der Waals surface area contributed by atoms with E-state index in [0.717, 1.165) is 16.9 Å². The molecule has 4 nitrogen and oxygen atoms in total. The van der Waals surface area contributed by atoms with Gasteiger partial charge in [-0.2, -0.15) is 16.7 Å². The van der Waals surface area contributed by atoms with Gasteiger partial charge < -0.3 is 10.3 Å². The zero-order valence-electron chi connectivity index (χ0n) is 9.42. The second-order valence-electron chi connectivity index (χ2n) is 3.35. The molecule has 2 N–H and O–H groups in total. The number of hydrogen-bond donors (Lipinski definition) is 1. The summed E-state index contributed by atoms with van der Waals surface area (Å²) < 4.78 is 5.11. The van der Waals surface area contributed by atoms with Crippen LogP contribution in [0.25, 0.3) is 11.4 Å². The van der Waals surface area contributed by atoms with Gasteiger partial charge in [-0.15, -0.1) is 12.4 Å². The van der Waals surface area contributed by atoms with E-state index in [1.165, 1.54) is 0 Å². The van der Waals surface area contributed by atoms with Gasteiger partial charge in [0.1, 0.15) is 0 Å². The molecule has 0 amide bonds. The molecule has 0 aliphatic carbocycles. The fraction of sp³-hybridized carbons (Fsp3) is 0.273. The zero-order valence-corrected chi connectivity index (χ0v) is 11.1. The minimum Gasteiger partial charge on any atom is -0.338 e. The van der Waals surface area contributed by atoms with Crippen LogP contribution in [-0.4, -0.2) is 16.4 Å². The number of benzene rings is 1. The van der Waals surface area contributed by atoms with Crippen LogP contribution < -0.4 is 5.73 Å². The maximum atomic E-state index is 5.53. The molecule has 17 heavy (non-hydrogen) atoms. The monoisotopic (exact) mass is 271 g/mol. The van der Waals surface area contributed by atoms with Gasteiger partial charge >= 0.3 is 0 Å². The van der Waals surface area contributed by atoms with E-state index >= 15 is 0 Å². The number of nitrogens with two attached hydrogens (primary N) is 1. The topological polar surface area (TPSA) is 64.9 Å². The van der Waals surface area contributed by atoms with E-state index in [9.17, 15) is 0 Å². The Bertz CT molecular complexity index is 458. The average molecular weight is 272 g/mol. The molecule has 92 valence electrons. The molecule has 2 rings (SSSR count). The molecule has 0 aliphatic heterocycles. The maximum Gasteiger partial charge on any atom is 0.236 e. The molecule has 0 radical (unpaired) electrons. The molecule has 0 saturated heterocycles. The minimum atomic E-state index is 0. The smallest absolute Gasteiger partial charge is 0.236 e. The lowest BCUT2D eigenvalue weighted by atomic mass is 10.1. The van der Waals surface area contributed by atoms with Crippen LogP contribution in [0.1, 0.15) is 11.5 Å². The Morgan fingerprint density at radius 1 is 1.29 bits per heavy atom. The lowest BCUT2D eigenvalue weighted by molar-refractivity contribution is 0.392. The van der Waals surface area contributed by atoms with Crippen molar-refractivity contribution in [2.24, 2.45) is 5.73 Å². The molecule has 0 fully saturated rings. The van der Waals surface area contributed by atoms with E-state index in [1.807, 2.05) is 30.5 Å². The van der Waals surface area contributed by atoms with Crippen molar-refractivity contribution >= 4 is 24.2 Å². The summed E-state index contributed by atoms with van der Waals surface area (Å²) >= 11 is 1.66. The van der Waals surface area contributed by atoms with Gasteiger partial charge in [0.2, 0.25) is 11.7 Å². The summed E-state index contributed by atoms with van der Waals surface area (Å²) in [6, 6.07) is 7.85. The first-order chi connectivity index (χ1) is 7.83. The van der Waals surface area contributed by atoms with Crippen molar-refractivity contribution in [3.63, 3.8) is 0 Å². The van der Waals surface area contributed by atoms with Crippen LogP contribution in [0.15, 0.2) is 28.8 Å². The van der Waals surface area contributed by atoms with Crippen LogP contribution in [0.5, 0.6) is 0 Å². The summed E-state index contributed by atoms with van der Waals surface area (Å²) in [5.41, 5.74) is 7.58. The molecule has 0 bridgehead atoms. The standard InChI is InChI=1S/C11H13N3OS.ClH/c1-16-7-10-13-11(14-15-10)9-4-2-8(6-12)3-5-9;/h2-5H,6-7,12H2,1H3;1H. The maximum absolute atomic E-state index is 5.53. The molecule has 6 heteroatoms. The third-order valence-corrected chi connectivity index (χ3v) is 2.72. The fourth-order valence-electron chi connectivity index (χ4n) is 1.34. The average Bonchev–Trinajstić information content (AvgIpc) is 2.78. The van der Waals surface area contributed by atoms with Crippen LogP contribution in [-0.2, 0) is 12.3 Å². The number of hydrogen-bond acceptors (Lipinski definition) is 5. The molecule has 0 unspecified atom stereocenters. The third kappa shape index (κ3) is 3.46. The third-order valence-electron chi connectivity index (χ3n) is 2.18. The molecular weight excluding hydrogens is 258 g/mol. The van der Waals surface area contributed by atoms with E-state index in [1.54, 1.807) is 11.8 Å². The van der Waals surface area contributed by atoms with Gasteiger partial charge in [-0.1, -0.05) is 29.4 Å². The Morgan fingerprint density at radius 2 is 2.00 bits per heavy atom. The van der Waals surface area contributed by atoms with Crippen molar-refractivity contribution in [1.82, 2.24) is 10.1 Å². The van der Waals surface area contributed by atoms with Crippen molar-refractivity contribution in [2.45, 2.75) is 12.3 Å². The van der Waals surface area contributed by atoms with E-state index in [0.29, 0.717) is 18.3 Å². The van der Waals surface area contributed by atoms with Crippen LogP contribution in [0, 0.1) is 0 Å². The van der Waals surface area contributed by atoms with Gasteiger partial charge in [0.05, 0.1) is 5.75 Å². The molecule has 0 saturated carbocycles. The summed E-state index contributed by atoms with van der Waals surface area (Å²) in [6.07, 6.45) is 2.00. The number of halogens is 1. The Morgan fingerprint density at radius 3 is 2.59 bits per heavy atom. The SMILES string of the molecule is CSCc1nc(-c2ccc(CN)cc2)no1.Cl. The first-order valence-electron chi connectivity index (χ1n) is 4.94. The molecule has 1 aromatic carbocycles. The van der Waals surface area contributed by atoms with Gasteiger partial charge in [-0.05, 0) is 11.8 Å². The quantitative estimate of drug-likeness (QED) is 0.925. The van der Waals surface area contributed by atoms with Crippen molar-refractivity contribution in [2.75, 3.05) is 6.26 Å². The summed E-state index contributed by atoms with van der Waals surface area (Å²) in [7, 11) is 0. The first-order valence-corrected chi connectivity index (χ1v) is 6.34. The van der Waals surface area contributed by atoms with Crippen LogP contribution >= 0.6 is 24.2 Å². The largest absolute Gasteiger partial charge is 0.338 e. The number of rotatable bonds is 4. The molecule has 0 spiro atoms. The Balaban J connectivity index is 0.00000144. The number of nitrogens with zero attached hydrogens (tertiary/aromatic N) is 2. The van der Waals surface area contributed by atoms with Gasteiger partial charge in [0, 0.05) is 12.1 Å². The fourth-order valence-corrected chi connectivity index (χ4v) is 1.71. The predicted octanol–water partition coefficient (Wildman–Crippen LogP) is 2.48. The highest BCUT2D eigenvalue weighted by Crippen LogP contribution is 2.17. The van der Waals surface area contributed by atoms with Gasteiger partial charge in [-0.25, -0.2) is 0 Å².